The highest BCUT2D eigenvalue weighted by Gasteiger charge is 2.20. The monoisotopic (exact) mass is 379 g/mol. The molecule has 7 nitrogen and oxygen atoms in total. The second-order valence-corrected chi connectivity index (χ2v) is 5.55. The van der Waals surface area contributed by atoms with Gasteiger partial charge in [-0.2, -0.15) is 0 Å². The van der Waals surface area contributed by atoms with E-state index in [-0.39, 0.29) is 27.6 Å². The van der Waals surface area contributed by atoms with Crippen LogP contribution in [-0.2, 0) is 4.74 Å². The maximum absolute atomic E-state index is 12.4. The summed E-state index contributed by atoms with van der Waals surface area (Å²) in [5, 5.41) is 0.181. The van der Waals surface area contributed by atoms with E-state index in [1.807, 2.05) is 0 Å². The van der Waals surface area contributed by atoms with Crippen LogP contribution in [0.5, 0.6) is 17.2 Å². The van der Waals surface area contributed by atoms with E-state index in [1.54, 1.807) is 12.1 Å². The summed E-state index contributed by atoms with van der Waals surface area (Å²) in [7, 11) is 4.31. The van der Waals surface area contributed by atoms with Crippen molar-refractivity contribution in [3.05, 3.63) is 46.5 Å². The molecule has 8 heteroatoms. The lowest BCUT2D eigenvalue weighted by atomic mass is 10.1. The van der Waals surface area contributed by atoms with Gasteiger partial charge in [0.05, 0.1) is 37.6 Å². The lowest BCUT2D eigenvalue weighted by Crippen LogP contribution is -2.16. The molecule has 0 aliphatic heterocycles. The second kappa shape index (κ2) is 8.44. The van der Waals surface area contributed by atoms with Crippen LogP contribution in [0.25, 0.3) is 0 Å². The number of benzene rings is 2. The van der Waals surface area contributed by atoms with Gasteiger partial charge in [-0.15, -0.1) is 0 Å². The molecule has 2 N–H and O–H groups in total. The van der Waals surface area contributed by atoms with E-state index in [9.17, 15) is 9.59 Å². The van der Waals surface area contributed by atoms with E-state index in [2.05, 4.69) is 0 Å². The van der Waals surface area contributed by atoms with Gasteiger partial charge in [-0.3, -0.25) is 4.79 Å². The molecule has 26 heavy (non-hydrogen) atoms. The van der Waals surface area contributed by atoms with E-state index in [0.717, 1.165) is 0 Å². The number of anilines is 1. The Labute approximate surface area is 155 Å². The Balaban J connectivity index is 2.15. The van der Waals surface area contributed by atoms with Gasteiger partial charge in [0.25, 0.3) is 0 Å². The summed E-state index contributed by atoms with van der Waals surface area (Å²) >= 11 is 5.93. The molecule has 0 saturated heterocycles. The summed E-state index contributed by atoms with van der Waals surface area (Å²) in [6, 6.07) is 7.45. The highest BCUT2D eigenvalue weighted by atomic mass is 35.5. The molecular weight excluding hydrogens is 362 g/mol. The number of esters is 1. The van der Waals surface area contributed by atoms with Gasteiger partial charge >= 0.3 is 5.97 Å². The average Bonchev–Trinajstić information content (AvgIpc) is 2.66. The number of hydrogen-bond donors (Lipinski definition) is 1. The lowest BCUT2D eigenvalue weighted by molar-refractivity contribution is 0.0471. The van der Waals surface area contributed by atoms with Crippen LogP contribution in [0, 0.1) is 0 Å². The van der Waals surface area contributed by atoms with Gasteiger partial charge in [0.1, 0.15) is 22.8 Å². The molecule has 0 aromatic heterocycles. The van der Waals surface area contributed by atoms with Gasteiger partial charge in [0.2, 0.25) is 5.78 Å². The van der Waals surface area contributed by atoms with Crippen molar-refractivity contribution in [2.45, 2.75) is 0 Å². The van der Waals surface area contributed by atoms with Crippen LogP contribution in [0.15, 0.2) is 30.3 Å². The minimum absolute atomic E-state index is 0.0706. The molecule has 0 bridgehead atoms. The third-order valence-corrected chi connectivity index (χ3v) is 3.91. The number of halogens is 1. The molecule has 0 heterocycles. The first kappa shape index (κ1) is 19.4. The minimum atomic E-state index is -0.760. The quantitative estimate of drug-likeness (QED) is 0.448. The zero-order chi connectivity index (χ0) is 19.3. The summed E-state index contributed by atoms with van der Waals surface area (Å²) in [6.07, 6.45) is 0. The zero-order valence-corrected chi connectivity index (χ0v) is 15.3. The SMILES string of the molecule is COc1ccc(C(=O)COC(=O)c2cc(Cl)c(N)cc2OC)c(OC)c1. The molecule has 0 amide bonds. The molecule has 2 aromatic rings. The van der Waals surface area contributed by atoms with Crippen LogP contribution in [0.1, 0.15) is 20.7 Å². The summed E-state index contributed by atoms with van der Waals surface area (Å²) in [5.74, 6) is -0.135. The van der Waals surface area contributed by atoms with Crippen molar-refractivity contribution in [2.75, 3.05) is 33.7 Å². The van der Waals surface area contributed by atoms with Crippen molar-refractivity contribution in [3.8, 4) is 17.2 Å². The number of carbonyl (C=O) groups is 2. The number of ether oxygens (including phenoxy) is 4. The number of hydrogen-bond acceptors (Lipinski definition) is 7. The lowest BCUT2D eigenvalue weighted by Gasteiger charge is -2.12. The van der Waals surface area contributed by atoms with E-state index >= 15 is 0 Å². The number of ketones is 1. The predicted octanol–water partition coefficient (Wildman–Crippen LogP) is 2.99. The second-order valence-electron chi connectivity index (χ2n) is 5.14. The Morgan fingerprint density at radius 2 is 1.62 bits per heavy atom. The molecule has 0 saturated carbocycles. The van der Waals surface area contributed by atoms with E-state index < -0.39 is 18.4 Å². The van der Waals surface area contributed by atoms with Gasteiger partial charge in [0, 0.05) is 12.1 Å². The first-order valence-electron chi connectivity index (χ1n) is 7.46. The smallest absolute Gasteiger partial charge is 0.342 e. The van der Waals surface area contributed by atoms with Crippen molar-refractivity contribution in [3.63, 3.8) is 0 Å². The van der Waals surface area contributed by atoms with Gasteiger partial charge < -0.3 is 24.7 Å². The molecule has 0 aliphatic rings. The standard InChI is InChI=1S/C18H18ClNO6/c1-23-10-4-5-11(16(6-10)24-2)15(21)9-26-18(22)12-7-13(19)14(20)8-17(12)25-3/h4-8H,9,20H2,1-3H3. The molecule has 0 atom stereocenters. The Hall–Kier alpha value is -2.93. The van der Waals surface area contributed by atoms with Gasteiger partial charge in [0.15, 0.2) is 6.61 Å². The highest BCUT2D eigenvalue weighted by Crippen LogP contribution is 2.29. The summed E-state index contributed by atoms with van der Waals surface area (Å²) in [5.41, 5.74) is 6.28. The van der Waals surface area contributed by atoms with Crippen molar-refractivity contribution < 1.29 is 28.5 Å². The third-order valence-electron chi connectivity index (χ3n) is 3.58. The third kappa shape index (κ3) is 4.18. The molecule has 0 fully saturated rings. The maximum atomic E-state index is 12.4. The first-order chi connectivity index (χ1) is 12.4. The van der Waals surface area contributed by atoms with Crippen molar-refractivity contribution >= 4 is 29.0 Å². The van der Waals surface area contributed by atoms with Crippen LogP contribution < -0.4 is 19.9 Å². The van der Waals surface area contributed by atoms with Crippen molar-refractivity contribution in [2.24, 2.45) is 0 Å². The fraction of sp³-hybridized carbons (Fsp3) is 0.222. The number of nitrogens with two attached hydrogens (primary N) is 1. The van der Waals surface area contributed by atoms with Crippen LogP contribution in [0.4, 0.5) is 5.69 Å². The number of nitrogen functional groups attached to an aromatic ring is 1. The van der Waals surface area contributed by atoms with Gasteiger partial charge in [-0.05, 0) is 18.2 Å². The van der Waals surface area contributed by atoms with E-state index in [0.29, 0.717) is 11.5 Å². The molecule has 0 aliphatic carbocycles. The molecule has 138 valence electrons. The van der Waals surface area contributed by atoms with Crippen LogP contribution >= 0.6 is 11.6 Å². The van der Waals surface area contributed by atoms with Crippen LogP contribution in [0.2, 0.25) is 5.02 Å². The Kier molecular flexibility index (Phi) is 6.30. The van der Waals surface area contributed by atoms with Gasteiger partial charge in [-0.1, -0.05) is 11.6 Å². The van der Waals surface area contributed by atoms with Gasteiger partial charge in [-0.25, -0.2) is 4.79 Å². The summed E-state index contributed by atoms with van der Waals surface area (Å²) in [6.45, 7) is -0.479. The Morgan fingerprint density at radius 1 is 0.962 bits per heavy atom. The first-order valence-corrected chi connectivity index (χ1v) is 7.84. The highest BCUT2D eigenvalue weighted by molar-refractivity contribution is 6.33. The Morgan fingerprint density at radius 3 is 2.23 bits per heavy atom. The van der Waals surface area contributed by atoms with E-state index in [1.165, 1.54) is 39.5 Å². The largest absolute Gasteiger partial charge is 0.497 e. The molecule has 0 radical (unpaired) electrons. The van der Waals surface area contributed by atoms with Crippen LogP contribution in [-0.4, -0.2) is 39.7 Å². The fourth-order valence-electron chi connectivity index (χ4n) is 2.21. The fourth-order valence-corrected chi connectivity index (χ4v) is 2.38. The zero-order valence-electron chi connectivity index (χ0n) is 14.5. The molecule has 0 unspecified atom stereocenters. The molecule has 2 aromatic carbocycles. The number of methoxy groups -OCH3 is 3. The molecule has 0 spiro atoms. The van der Waals surface area contributed by atoms with E-state index in [4.69, 9.17) is 36.3 Å². The van der Waals surface area contributed by atoms with Crippen molar-refractivity contribution in [1.29, 1.82) is 0 Å². The number of carbonyl (C=O) groups excluding carboxylic acids is 2. The molecule has 2 rings (SSSR count). The average molecular weight is 380 g/mol. The number of Topliss-reactive ketones (excluding diaryl/α,β-unsaturated/α-hetero) is 1. The predicted molar refractivity (Wildman–Crippen MR) is 96.6 cm³/mol. The molecular formula is C18H18ClNO6. The van der Waals surface area contributed by atoms with Crippen molar-refractivity contribution in [1.82, 2.24) is 0 Å². The normalized spacial score (nSPS) is 10.2. The maximum Gasteiger partial charge on any atom is 0.342 e. The van der Waals surface area contributed by atoms with Crippen LogP contribution in [0.3, 0.4) is 0 Å². The summed E-state index contributed by atoms with van der Waals surface area (Å²) < 4.78 is 20.4. The topological polar surface area (TPSA) is 97.1 Å². The minimum Gasteiger partial charge on any atom is -0.497 e. The summed E-state index contributed by atoms with van der Waals surface area (Å²) in [4.78, 5) is 24.6. The number of rotatable bonds is 7. The Bertz CT molecular complexity index is 837.